The Labute approximate surface area is 119 Å². The topological polar surface area (TPSA) is 15.3 Å². The van der Waals surface area contributed by atoms with Gasteiger partial charge in [0.2, 0.25) is 0 Å². The molecule has 0 amide bonds. The molecule has 1 fully saturated rings. The summed E-state index contributed by atoms with van der Waals surface area (Å²) in [5.74, 6) is -0.900. The van der Waals surface area contributed by atoms with Gasteiger partial charge >= 0.3 is 0 Å². The SMILES string of the molecule is CNC1CCCN(C(C)c2c(F)cccc2F)C1.Cl. The third-order valence-corrected chi connectivity index (χ3v) is 3.83. The number of halogens is 3. The van der Waals surface area contributed by atoms with Crippen LogP contribution in [0.15, 0.2) is 18.2 Å². The Bertz CT molecular complexity index is 394. The van der Waals surface area contributed by atoms with Crippen molar-refractivity contribution in [3.63, 3.8) is 0 Å². The van der Waals surface area contributed by atoms with Crippen LogP contribution in [-0.4, -0.2) is 31.1 Å². The fourth-order valence-corrected chi connectivity index (χ4v) is 2.69. The van der Waals surface area contributed by atoms with E-state index in [-0.39, 0.29) is 24.0 Å². The van der Waals surface area contributed by atoms with Crippen molar-refractivity contribution in [2.24, 2.45) is 0 Å². The Balaban J connectivity index is 0.00000180. The second-order valence-electron chi connectivity index (χ2n) is 4.93. The van der Waals surface area contributed by atoms with Gasteiger partial charge in [0.25, 0.3) is 0 Å². The van der Waals surface area contributed by atoms with Crippen LogP contribution < -0.4 is 5.32 Å². The third kappa shape index (κ3) is 3.65. The van der Waals surface area contributed by atoms with Crippen molar-refractivity contribution in [3.8, 4) is 0 Å². The minimum Gasteiger partial charge on any atom is -0.316 e. The highest BCUT2D eigenvalue weighted by molar-refractivity contribution is 5.85. The van der Waals surface area contributed by atoms with Crippen LogP contribution >= 0.6 is 12.4 Å². The van der Waals surface area contributed by atoms with Gasteiger partial charge in [0.05, 0.1) is 0 Å². The van der Waals surface area contributed by atoms with E-state index in [0.29, 0.717) is 6.04 Å². The molecule has 2 nitrogen and oxygen atoms in total. The van der Waals surface area contributed by atoms with Crippen molar-refractivity contribution in [2.45, 2.75) is 31.8 Å². The molecule has 0 aromatic heterocycles. The van der Waals surface area contributed by atoms with Crippen LogP contribution in [-0.2, 0) is 0 Å². The van der Waals surface area contributed by atoms with Crippen LogP contribution in [0.1, 0.15) is 31.4 Å². The van der Waals surface area contributed by atoms with E-state index < -0.39 is 11.6 Å². The molecule has 1 heterocycles. The van der Waals surface area contributed by atoms with E-state index >= 15 is 0 Å². The lowest BCUT2D eigenvalue weighted by atomic mass is 10.00. The molecule has 2 rings (SSSR count). The molecule has 2 atom stereocenters. The summed E-state index contributed by atoms with van der Waals surface area (Å²) in [5.41, 5.74) is 0.189. The second kappa shape index (κ2) is 7.17. The van der Waals surface area contributed by atoms with Gasteiger partial charge in [-0.1, -0.05) is 6.07 Å². The second-order valence-corrected chi connectivity index (χ2v) is 4.93. The highest BCUT2D eigenvalue weighted by atomic mass is 35.5. The Hall–Kier alpha value is -0.710. The normalized spacial score (nSPS) is 21.8. The first-order valence-electron chi connectivity index (χ1n) is 6.48. The molecule has 0 saturated carbocycles. The van der Waals surface area contributed by atoms with Gasteiger partial charge in [-0.15, -0.1) is 12.4 Å². The van der Waals surface area contributed by atoms with E-state index in [1.807, 2.05) is 14.0 Å². The number of hydrogen-bond donors (Lipinski definition) is 1. The largest absolute Gasteiger partial charge is 0.316 e. The molecule has 108 valence electrons. The van der Waals surface area contributed by atoms with Gasteiger partial charge < -0.3 is 5.32 Å². The molecule has 19 heavy (non-hydrogen) atoms. The number of nitrogens with zero attached hydrogens (tertiary/aromatic N) is 1. The van der Waals surface area contributed by atoms with Gasteiger partial charge in [0.1, 0.15) is 11.6 Å². The zero-order valence-corrected chi connectivity index (χ0v) is 12.1. The molecular weight excluding hydrogens is 270 g/mol. The molecule has 1 aromatic rings. The molecule has 1 aliphatic rings. The van der Waals surface area contributed by atoms with E-state index in [2.05, 4.69) is 10.2 Å². The molecule has 5 heteroatoms. The van der Waals surface area contributed by atoms with Crippen LogP contribution in [0, 0.1) is 11.6 Å². The highest BCUT2D eigenvalue weighted by Crippen LogP contribution is 2.28. The van der Waals surface area contributed by atoms with Gasteiger partial charge in [-0.25, -0.2) is 8.78 Å². The minimum atomic E-state index is -0.450. The van der Waals surface area contributed by atoms with E-state index in [4.69, 9.17) is 0 Å². The number of benzene rings is 1. The molecule has 0 aliphatic carbocycles. The fourth-order valence-electron chi connectivity index (χ4n) is 2.69. The first-order chi connectivity index (χ1) is 8.63. The number of hydrogen-bond acceptors (Lipinski definition) is 2. The van der Waals surface area contributed by atoms with E-state index in [1.54, 1.807) is 0 Å². The Morgan fingerprint density at radius 1 is 1.32 bits per heavy atom. The molecule has 1 N–H and O–H groups in total. The Morgan fingerprint density at radius 3 is 2.53 bits per heavy atom. The third-order valence-electron chi connectivity index (χ3n) is 3.83. The van der Waals surface area contributed by atoms with E-state index in [1.165, 1.54) is 18.2 Å². The summed E-state index contributed by atoms with van der Waals surface area (Å²) in [6, 6.07) is 4.26. The van der Waals surface area contributed by atoms with E-state index in [9.17, 15) is 8.78 Å². The van der Waals surface area contributed by atoms with Crippen molar-refractivity contribution in [2.75, 3.05) is 20.1 Å². The number of piperidine rings is 1. The van der Waals surface area contributed by atoms with Crippen LogP contribution in [0.3, 0.4) is 0 Å². The number of nitrogens with one attached hydrogen (secondary N) is 1. The number of likely N-dealkylation sites (tertiary alicyclic amines) is 1. The first-order valence-corrected chi connectivity index (χ1v) is 6.48. The summed E-state index contributed by atoms with van der Waals surface area (Å²) in [6.07, 6.45) is 2.19. The van der Waals surface area contributed by atoms with Crippen LogP contribution in [0.5, 0.6) is 0 Å². The molecule has 1 aliphatic heterocycles. The summed E-state index contributed by atoms with van der Waals surface area (Å²) >= 11 is 0. The lowest BCUT2D eigenvalue weighted by Crippen LogP contribution is -2.45. The predicted octanol–water partition coefficient (Wildman–Crippen LogP) is 3.13. The standard InChI is InChI=1S/C14H20F2N2.ClH/c1-10(14-12(15)6-3-7-13(14)16)18-8-4-5-11(9-18)17-2;/h3,6-7,10-11,17H,4-5,8-9H2,1-2H3;1H. The summed E-state index contributed by atoms with van der Waals surface area (Å²) in [4.78, 5) is 2.14. The molecule has 1 aromatic carbocycles. The molecule has 0 spiro atoms. The Kier molecular flexibility index (Phi) is 6.17. The minimum absolute atomic E-state index is 0. The Morgan fingerprint density at radius 2 is 1.95 bits per heavy atom. The summed E-state index contributed by atoms with van der Waals surface area (Å²) in [7, 11) is 1.93. The van der Waals surface area contributed by atoms with Gasteiger partial charge in [-0.05, 0) is 45.5 Å². The zero-order chi connectivity index (χ0) is 13.1. The van der Waals surface area contributed by atoms with Crippen molar-refractivity contribution in [3.05, 3.63) is 35.4 Å². The maximum Gasteiger partial charge on any atom is 0.130 e. The molecular formula is C14H21ClF2N2. The zero-order valence-electron chi connectivity index (χ0n) is 11.3. The summed E-state index contributed by atoms with van der Waals surface area (Å²) in [6.45, 7) is 3.61. The molecule has 2 unspecified atom stereocenters. The summed E-state index contributed by atoms with van der Waals surface area (Å²) < 4.78 is 27.5. The predicted molar refractivity (Wildman–Crippen MR) is 75.7 cm³/mol. The van der Waals surface area contributed by atoms with Crippen LogP contribution in [0.25, 0.3) is 0 Å². The summed E-state index contributed by atoms with van der Waals surface area (Å²) in [5, 5.41) is 3.24. The van der Waals surface area contributed by atoms with Crippen molar-refractivity contribution in [1.82, 2.24) is 10.2 Å². The van der Waals surface area contributed by atoms with Gasteiger partial charge in [-0.2, -0.15) is 0 Å². The maximum atomic E-state index is 13.8. The van der Waals surface area contributed by atoms with Crippen LogP contribution in [0.2, 0.25) is 0 Å². The monoisotopic (exact) mass is 290 g/mol. The van der Waals surface area contributed by atoms with Crippen LogP contribution in [0.4, 0.5) is 8.78 Å². The van der Waals surface area contributed by atoms with Crippen molar-refractivity contribution in [1.29, 1.82) is 0 Å². The average Bonchev–Trinajstić information content (AvgIpc) is 2.38. The van der Waals surface area contributed by atoms with E-state index in [0.717, 1.165) is 25.9 Å². The number of rotatable bonds is 3. The first kappa shape index (κ1) is 16.3. The highest BCUT2D eigenvalue weighted by Gasteiger charge is 2.26. The lowest BCUT2D eigenvalue weighted by molar-refractivity contribution is 0.144. The van der Waals surface area contributed by atoms with Gasteiger partial charge in [-0.3, -0.25) is 4.90 Å². The maximum absolute atomic E-state index is 13.8. The van der Waals surface area contributed by atoms with Crippen molar-refractivity contribution >= 4 is 12.4 Å². The molecule has 1 saturated heterocycles. The van der Waals surface area contributed by atoms with Crippen molar-refractivity contribution < 1.29 is 8.78 Å². The smallest absolute Gasteiger partial charge is 0.130 e. The van der Waals surface area contributed by atoms with Gasteiger partial charge in [0, 0.05) is 24.2 Å². The number of likely N-dealkylation sites (N-methyl/N-ethyl adjacent to an activating group) is 1. The quantitative estimate of drug-likeness (QED) is 0.920. The lowest BCUT2D eigenvalue weighted by Gasteiger charge is -2.37. The fraction of sp³-hybridized carbons (Fsp3) is 0.571. The average molecular weight is 291 g/mol. The molecule has 0 radical (unpaired) electrons. The van der Waals surface area contributed by atoms with Gasteiger partial charge in [0.15, 0.2) is 0 Å². The molecule has 0 bridgehead atoms.